The predicted molar refractivity (Wildman–Crippen MR) is 95.9 cm³/mol. The van der Waals surface area contributed by atoms with E-state index in [4.69, 9.17) is 4.74 Å². The Morgan fingerprint density at radius 2 is 1.85 bits per heavy atom. The van der Waals surface area contributed by atoms with Crippen LogP contribution in [0.25, 0.3) is 10.8 Å². The quantitative estimate of drug-likeness (QED) is 0.689. The summed E-state index contributed by atoms with van der Waals surface area (Å²) >= 11 is 0. The molecule has 0 atom stereocenters. The van der Waals surface area contributed by atoms with Crippen molar-refractivity contribution < 1.29 is 13.9 Å². The van der Waals surface area contributed by atoms with Crippen LogP contribution < -0.4 is 15.6 Å². The number of benzene rings is 2. The highest BCUT2D eigenvalue weighted by Crippen LogP contribution is 2.14. The lowest BCUT2D eigenvalue weighted by molar-refractivity contribution is 0.0957. The van der Waals surface area contributed by atoms with Crippen LogP contribution in [-0.4, -0.2) is 29.3 Å². The number of hydrogen-bond acceptors (Lipinski definition) is 4. The zero-order chi connectivity index (χ0) is 18.5. The molecule has 0 aliphatic heterocycles. The number of carbonyl (C=O) groups is 1. The molecule has 1 heterocycles. The van der Waals surface area contributed by atoms with Crippen LogP contribution in [0.4, 0.5) is 4.39 Å². The van der Waals surface area contributed by atoms with Gasteiger partial charge in [-0.05, 0) is 30.3 Å². The number of halogens is 1. The standard InChI is InChI=1S/C19H18FN3O3/c1-21-18(24)17-15-5-2-3-6-16(15)19(25)23(22-17)11-4-12-26-14-9-7-13(20)8-10-14/h2-3,5-10H,4,11-12H2,1H3,(H,21,24). The minimum absolute atomic E-state index is 0.210. The first-order chi connectivity index (χ1) is 12.6. The fourth-order valence-electron chi connectivity index (χ4n) is 2.61. The summed E-state index contributed by atoms with van der Waals surface area (Å²) in [5, 5.41) is 7.72. The van der Waals surface area contributed by atoms with Gasteiger partial charge in [0, 0.05) is 25.4 Å². The molecule has 0 unspecified atom stereocenters. The predicted octanol–water partition coefficient (Wildman–Crippen LogP) is 2.36. The number of rotatable bonds is 6. The Hall–Kier alpha value is -3.22. The van der Waals surface area contributed by atoms with Crippen molar-refractivity contribution in [3.05, 3.63) is 70.4 Å². The highest BCUT2D eigenvalue weighted by atomic mass is 19.1. The minimum atomic E-state index is -0.350. The Morgan fingerprint density at radius 1 is 1.15 bits per heavy atom. The van der Waals surface area contributed by atoms with Crippen molar-refractivity contribution in [2.45, 2.75) is 13.0 Å². The molecule has 1 N–H and O–H groups in total. The van der Waals surface area contributed by atoms with Crippen molar-refractivity contribution in [3.8, 4) is 5.75 Å². The Balaban J connectivity index is 1.77. The number of hydrogen-bond donors (Lipinski definition) is 1. The molecule has 1 amide bonds. The normalized spacial score (nSPS) is 10.7. The lowest BCUT2D eigenvalue weighted by Gasteiger charge is -2.11. The lowest BCUT2D eigenvalue weighted by Crippen LogP contribution is -2.29. The van der Waals surface area contributed by atoms with E-state index in [1.165, 1.54) is 23.9 Å². The van der Waals surface area contributed by atoms with Crippen molar-refractivity contribution in [1.29, 1.82) is 0 Å². The molecule has 3 aromatic rings. The maximum Gasteiger partial charge on any atom is 0.274 e. The third-order valence-corrected chi connectivity index (χ3v) is 3.91. The van der Waals surface area contributed by atoms with Gasteiger partial charge in [0.2, 0.25) is 0 Å². The molecule has 0 fully saturated rings. The first kappa shape index (κ1) is 17.6. The highest BCUT2D eigenvalue weighted by molar-refractivity contribution is 6.04. The zero-order valence-corrected chi connectivity index (χ0v) is 14.2. The van der Waals surface area contributed by atoms with Gasteiger partial charge >= 0.3 is 0 Å². The summed E-state index contributed by atoms with van der Waals surface area (Å²) in [6.07, 6.45) is 0.510. The third kappa shape index (κ3) is 3.72. The summed E-state index contributed by atoms with van der Waals surface area (Å²) in [5.41, 5.74) is -0.0443. The minimum Gasteiger partial charge on any atom is -0.494 e. The molecule has 6 nitrogen and oxygen atoms in total. The van der Waals surface area contributed by atoms with Gasteiger partial charge in [-0.3, -0.25) is 9.59 Å². The summed E-state index contributed by atoms with van der Waals surface area (Å²) in [6.45, 7) is 0.636. The maximum absolute atomic E-state index is 12.9. The SMILES string of the molecule is CNC(=O)c1nn(CCCOc2ccc(F)cc2)c(=O)c2ccccc12. The summed E-state index contributed by atoms with van der Waals surface area (Å²) < 4.78 is 19.7. The number of aryl methyl sites for hydroxylation is 1. The first-order valence-electron chi connectivity index (χ1n) is 8.20. The fourth-order valence-corrected chi connectivity index (χ4v) is 2.61. The number of ether oxygens (including phenoxy) is 1. The van der Waals surface area contributed by atoms with Crippen LogP contribution in [0.1, 0.15) is 16.9 Å². The smallest absolute Gasteiger partial charge is 0.274 e. The Bertz CT molecular complexity index is 983. The van der Waals surface area contributed by atoms with Crippen molar-refractivity contribution in [2.75, 3.05) is 13.7 Å². The van der Waals surface area contributed by atoms with Gasteiger partial charge in [-0.2, -0.15) is 5.10 Å². The van der Waals surface area contributed by atoms with Gasteiger partial charge in [0.1, 0.15) is 11.6 Å². The van der Waals surface area contributed by atoms with Crippen LogP contribution in [0, 0.1) is 5.82 Å². The molecule has 0 saturated carbocycles. The maximum atomic E-state index is 12.9. The molecule has 1 aromatic heterocycles. The molecule has 7 heteroatoms. The van der Waals surface area contributed by atoms with E-state index >= 15 is 0 Å². The second kappa shape index (κ2) is 7.77. The second-order valence-corrected chi connectivity index (χ2v) is 5.66. The van der Waals surface area contributed by atoms with Crippen molar-refractivity contribution >= 4 is 16.7 Å². The molecule has 0 saturated heterocycles. The van der Waals surface area contributed by atoms with Gasteiger partial charge in [-0.1, -0.05) is 18.2 Å². The molecular weight excluding hydrogens is 337 g/mol. The van der Waals surface area contributed by atoms with Gasteiger partial charge in [0.15, 0.2) is 5.69 Å². The van der Waals surface area contributed by atoms with Gasteiger partial charge in [-0.25, -0.2) is 9.07 Å². The number of nitrogens with one attached hydrogen (secondary N) is 1. The van der Waals surface area contributed by atoms with Crippen LogP contribution in [0.3, 0.4) is 0 Å². The van der Waals surface area contributed by atoms with Crippen LogP contribution in [-0.2, 0) is 6.54 Å². The summed E-state index contributed by atoms with van der Waals surface area (Å²) in [4.78, 5) is 24.7. The van der Waals surface area contributed by atoms with E-state index < -0.39 is 0 Å². The van der Waals surface area contributed by atoms with E-state index in [1.54, 1.807) is 36.4 Å². The molecule has 2 aromatic carbocycles. The van der Waals surface area contributed by atoms with E-state index in [1.807, 2.05) is 0 Å². The average molecular weight is 355 g/mol. The van der Waals surface area contributed by atoms with Crippen molar-refractivity contribution in [1.82, 2.24) is 15.1 Å². The van der Waals surface area contributed by atoms with E-state index in [-0.39, 0.29) is 23.0 Å². The van der Waals surface area contributed by atoms with Crippen LogP contribution >= 0.6 is 0 Å². The van der Waals surface area contributed by atoms with Crippen molar-refractivity contribution in [3.63, 3.8) is 0 Å². The first-order valence-corrected chi connectivity index (χ1v) is 8.20. The summed E-state index contributed by atoms with van der Waals surface area (Å²) in [7, 11) is 1.52. The van der Waals surface area contributed by atoms with Gasteiger partial charge in [0.05, 0.1) is 12.0 Å². The Kier molecular flexibility index (Phi) is 5.26. The van der Waals surface area contributed by atoms with Gasteiger partial charge < -0.3 is 10.1 Å². The summed E-state index contributed by atoms with van der Waals surface area (Å²) in [6, 6.07) is 12.6. The van der Waals surface area contributed by atoms with E-state index in [0.29, 0.717) is 36.1 Å². The monoisotopic (exact) mass is 355 g/mol. The Labute approximate surface area is 149 Å². The fraction of sp³-hybridized carbons (Fsp3) is 0.211. The topological polar surface area (TPSA) is 73.2 Å². The van der Waals surface area contributed by atoms with E-state index in [0.717, 1.165) is 0 Å². The van der Waals surface area contributed by atoms with E-state index in [9.17, 15) is 14.0 Å². The Morgan fingerprint density at radius 3 is 2.54 bits per heavy atom. The van der Waals surface area contributed by atoms with Crippen LogP contribution in [0.15, 0.2) is 53.3 Å². The van der Waals surface area contributed by atoms with E-state index in [2.05, 4.69) is 10.4 Å². The molecule has 0 spiro atoms. The molecule has 134 valence electrons. The molecular formula is C19H18FN3O3. The van der Waals surface area contributed by atoms with Crippen LogP contribution in [0.2, 0.25) is 0 Å². The third-order valence-electron chi connectivity index (χ3n) is 3.91. The molecule has 26 heavy (non-hydrogen) atoms. The second-order valence-electron chi connectivity index (χ2n) is 5.66. The van der Waals surface area contributed by atoms with Crippen molar-refractivity contribution in [2.24, 2.45) is 0 Å². The number of aromatic nitrogens is 2. The molecule has 3 rings (SSSR count). The number of fused-ring (bicyclic) bond motifs is 1. The molecule has 0 aliphatic rings. The zero-order valence-electron chi connectivity index (χ0n) is 14.2. The number of carbonyl (C=O) groups excluding carboxylic acids is 1. The molecule has 0 aliphatic carbocycles. The lowest BCUT2D eigenvalue weighted by atomic mass is 10.1. The largest absolute Gasteiger partial charge is 0.494 e. The number of nitrogens with zero attached hydrogens (tertiary/aromatic N) is 2. The molecule has 0 radical (unpaired) electrons. The van der Waals surface area contributed by atoms with Gasteiger partial charge in [-0.15, -0.1) is 0 Å². The van der Waals surface area contributed by atoms with Gasteiger partial charge in [0.25, 0.3) is 11.5 Å². The highest BCUT2D eigenvalue weighted by Gasteiger charge is 2.15. The number of amides is 1. The average Bonchev–Trinajstić information content (AvgIpc) is 2.67. The van der Waals surface area contributed by atoms with Crippen LogP contribution in [0.5, 0.6) is 5.75 Å². The summed E-state index contributed by atoms with van der Waals surface area (Å²) in [5.74, 6) is -0.125. The molecule has 0 bridgehead atoms.